The molecule has 0 saturated carbocycles. The maximum Gasteiger partial charge on any atom is 0.222 e. The summed E-state index contributed by atoms with van der Waals surface area (Å²) in [5, 5.41) is 9.73. The molecule has 0 aromatic heterocycles. The lowest BCUT2D eigenvalue weighted by atomic mass is 9.98. The maximum absolute atomic E-state index is 12.4. The van der Waals surface area contributed by atoms with Gasteiger partial charge in [-0.15, -0.1) is 0 Å². The quantitative estimate of drug-likeness (QED) is 0.428. The highest BCUT2D eigenvalue weighted by molar-refractivity contribution is 5.76. The molecule has 28 heavy (non-hydrogen) atoms. The highest BCUT2D eigenvalue weighted by Gasteiger charge is 2.22. The number of nitrogens with zero attached hydrogens (tertiary/aromatic N) is 1. The van der Waals surface area contributed by atoms with Crippen molar-refractivity contribution in [3.05, 3.63) is 34.9 Å². The van der Waals surface area contributed by atoms with E-state index in [2.05, 4.69) is 52.8 Å². The van der Waals surface area contributed by atoms with Gasteiger partial charge in [0.15, 0.2) is 0 Å². The number of piperidine rings is 1. The topological polar surface area (TPSA) is 40.5 Å². The summed E-state index contributed by atoms with van der Waals surface area (Å²) in [5.74, 6) is 0.605. The molecule has 0 spiro atoms. The number of likely N-dealkylation sites (tertiary alicyclic amines) is 1. The molecule has 0 aromatic carbocycles. The number of hydrogen-bond donors (Lipinski definition) is 1. The molecule has 2 atom stereocenters. The zero-order valence-electron chi connectivity index (χ0n) is 19.0. The van der Waals surface area contributed by atoms with Crippen LogP contribution in [0.4, 0.5) is 0 Å². The first-order chi connectivity index (χ1) is 13.3. The molecule has 0 aliphatic carbocycles. The van der Waals surface area contributed by atoms with Crippen LogP contribution >= 0.6 is 0 Å². The molecule has 1 amide bonds. The van der Waals surface area contributed by atoms with Gasteiger partial charge in [0.2, 0.25) is 5.91 Å². The number of rotatable bonds is 11. The van der Waals surface area contributed by atoms with Crippen LogP contribution in [0.3, 0.4) is 0 Å². The monoisotopic (exact) mass is 389 g/mol. The average molecular weight is 390 g/mol. The number of aliphatic hydroxyl groups excluding tert-OH is 1. The van der Waals surface area contributed by atoms with E-state index in [1.165, 1.54) is 16.7 Å². The van der Waals surface area contributed by atoms with Crippen molar-refractivity contribution in [3.63, 3.8) is 0 Å². The van der Waals surface area contributed by atoms with Crippen molar-refractivity contribution in [2.24, 2.45) is 5.92 Å². The van der Waals surface area contributed by atoms with Gasteiger partial charge in [0, 0.05) is 19.5 Å². The zero-order chi connectivity index (χ0) is 20.9. The number of carbonyl (C=O) groups excluding carboxylic acids is 1. The van der Waals surface area contributed by atoms with Gasteiger partial charge in [-0.3, -0.25) is 4.79 Å². The molecule has 0 radical (unpaired) electrons. The Balaban J connectivity index is 2.22. The van der Waals surface area contributed by atoms with E-state index in [9.17, 15) is 9.90 Å². The molecule has 0 aromatic rings. The van der Waals surface area contributed by atoms with Crippen LogP contribution in [0.15, 0.2) is 34.9 Å². The molecule has 2 unspecified atom stereocenters. The van der Waals surface area contributed by atoms with Gasteiger partial charge >= 0.3 is 0 Å². The van der Waals surface area contributed by atoms with Crippen molar-refractivity contribution >= 4 is 5.91 Å². The Bertz CT molecular complexity index is 555. The van der Waals surface area contributed by atoms with Crippen LogP contribution in [0.5, 0.6) is 0 Å². The van der Waals surface area contributed by atoms with Crippen molar-refractivity contribution in [1.82, 2.24) is 4.90 Å². The lowest BCUT2D eigenvalue weighted by Gasteiger charge is -2.31. The summed E-state index contributed by atoms with van der Waals surface area (Å²) in [6, 6.07) is 0. The largest absolute Gasteiger partial charge is 0.391 e. The van der Waals surface area contributed by atoms with Crippen molar-refractivity contribution in [1.29, 1.82) is 0 Å². The van der Waals surface area contributed by atoms with Gasteiger partial charge in [0.25, 0.3) is 0 Å². The van der Waals surface area contributed by atoms with Gasteiger partial charge in [0.05, 0.1) is 6.10 Å². The van der Waals surface area contributed by atoms with Crippen LogP contribution in [0.2, 0.25) is 0 Å². The van der Waals surface area contributed by atoms with Crippen LogP contribution in [0.25, 0.3) is 0 Å². The molecule has 1 aliphatic rings. The first-order valence-corrected chi connectivity index (χ1v) is 11.2. The van der Waals surface area contributed by atoms with Gasteiger partial charge in [0.1, 0.15) is 0 Å². The number of hydrogen-bond acceptors (Lipinski definition) is 2. The first kappa shape index (κ1) is 24.7. The second-order valence-corrected chi connectivity index (χ2v) is 8.98. The van der Waals surface area contributed by atoms with Crippen molar-refractivity contribution in [2.75, 3.05) is 13.1 Å². The third-order valence-electron chi connectivity index (χ3n) is 5.55. The molecule has 1 rings (SSSR count). The van der Waals surface area contributed by atoms with E-state index in [-0.39, 0.29) is 12.0 Å². The molecule has 1 heterocycles. The van der Waals surface area contributed by atoms with Crippen LogP contribution in [-0.2, 0) is 4.79 Å². The molecular weight excluding hydrogens is 346 g/mol. The Morgan fingerprint density at radius 3 is 2.25 bits per heavy atom. The molecule has 1 N–H and O–H groups in total. The molecule has 160 valence electrons. The highest BCUT2D eigenvalue weighted by Crippen LogP contribution is 2.18. The fourth-order valence-electron chi connectivity index (χ4n) is 3.66. The van der Waals surface area contributed by atoms with Gasteiger partial charge in [-0.2, -0.15) is 0 Å². The van der Waals surface area contributed by atoms with Crippen LogP contribution < -0.4 is 0 Å². The minimum atomic E-state index is -0.330. The third-order valence-corrected chi connectivity index (χ3v) is 5.55. The minimum absolute atomic E-state index is 0.209. The lowest BCUT2D eigenvalue weighted by molar-refractivity contribution is -0.135. The molecule has 3 nitrogen and oxygen atoms in total. The summed E-state index contributed by atoms with van der Waals surface area (Å²) in [6.45, 7) is 12.3. The van der Waals surface area contributed by atoms with Gasteiger partial charge in [-0.25, -0.2) is 0 Å². The van der Waals surface area contributed by atoms with E-state index in [4.69, 9.17) is 0 Å². The Morgan fingerprint density at radius 2 is 1.64 bits per heavy atom. The summed E-state index contributed by atoms with van der Waals surface area (Å²) in [6.07, 6.45) is 15.7. The Kier molecular flexibility index (Phi) is 12.1. The SMILES string of the molecule is CC(C)=CCCC(C)=CCCC(C)=CCCC(C)CC(=O)N1CCCC(O)C1. The molecule has 3 heteroatoms. The van der Waals surface area contributed by atoms with Crippen molar-refractivity contribution < 1.29 is 9.90 Å². The van der Waals surface area contributed by atoms with Crippen molar-refractivity contribution in [2.45, 2.75) is 98.5 Å². The van der Waals surface area contributed by atoms with Gasteiger partial charge in [-0.1, -0.05) is 41.9 Å². The lowest BCUT2D eigenvalue weighted by Crippen LogP contribution is -2.42. The number of β-amino-alcohol motifs (C(OH)–C–C–N with tert-alkyl or cyclic N) is 1. The number of aliphatic hydroxyl groups is 1. The Labute approximate surface area is 173 Å². The zero-order valence-corrected chi connectivity index (χ0v) is 19.0. The number of amides is 1. The summed E-state index contributed by atoms with van der Waals surface area (Å²) in [7, 11) is 0. The van der Waals surface area contributed by atoms with Gasteiger partial charge in [-0.05, 0) is 85.0 Å². The Morgan fingerprint density at radius 1 is 1.04 bits per heavy atom. The standard InChI is InChI=1S/C25H43NO2/c1-20(2)10-6-11-21(3)12-7-13-22(4)14-8-15-23(5)18-25(28)26-17-9-16-24(27)19-26/h10,12,14,23-24,27H,6-9,11,13,15-19H2,1-5H3. The van der Waals surface area contributed by atoms with E-state index in [1.807, 2.05) is 4.90 Å². The second-order valence-electron chi connectivity index (χ2n) is 8.98. The third kappa shape index (κ3) is 11.5. The summed E-state index contributed by atoms with van der Waals surface area (Å²) in [4.78, 5) is 14.2. The molecule has 1 saturated heterocycles. The predicted molar refractivity (Wildman–Crippen MR) is 120 cm³/mol. The minimum Gasteiger partial charge on any atom is -0.391 e. The molecule has 0 bridgehead atoms. The van der Waals surface area contributed by atoms with E-state index >= 15 is 0 Å². The molecule has 1 aliphatic heterocycles. The fraction of sp³-hybridized carbons (Fsp3) is 0.720. The van der Waals surface area contributed by atoms with Crippen LogP contribution in [0, 0.1) is 5.92 Å². The van der Waals surface area contributed by atoms with E-state index in [0.717, 1.165) is 57.9 Å². The second kappa shape index (κ2) is 13.8. The summed E-state index contributed by atoms with van der Waals surface area (Å²) in [5.41, 5.74) is 4.34. The summed E-state index contributed by atoms with van der Waals surface area (Å²) < 4.78 is 0. The number of carbonyl (C=O) groups is 1. The van der Waals surface area contributed by atoms with E-state index in [1.54, 1.807) is 0 Å². The van der Waals surface area contributed by atoms with E-state index < -0.39 is 0 Å². The smallest absolute Gasteiger partial charge is 0.222 e. The van der Waals surface area contributed by atoms with Gasteiger partial charge < -0.3 is 10.0 Å². The summed E-state index contributed by atoms with van der Waals surface area (Å²) >= 11 is 0. The highest BCUT2D eigenvalue weighted by atomic mass is 16.3. The first-order valence-electron chi connectivity index (χ1n) is 11.2. The van der Waals surface area contributed by atoms with E-state index in [0.29, 0.717) is 18.9 Å². The van der Waals surface area contributed by atoms with Crippen LogP contribution in [0.1, 0.15) is 92.4 Å². The maximum atomic E-state index is 12.4. The predicted octanol–water partition coefficient (Wildman–Crippen LogP) is 6.20. The Hall–Kier alpha value is -1.35. The molecular formula is C25H43NO2. The number of allylic oxidation sites excluding steroid dienone is 6. The van der Waals surface area contributed by atoms with Crippen molar-refractivity contribution in [3.8, 4) is 0 Å². The average Bonchev–Trinajstić information content (AvgIpc) is 2.61. The molecule has 1 fully saturated rings. The normalized spacial score (nSPS) is 19.5. The fourth-order valence-corrected chi connectivity index (χ4v) is 3.66. The van der Waals surface area contributed by atoms with Crippen LogP contribution in [-0.4, -0.2) is 35.1 Å².